The third-order valence-corrected chi connectivity index (χ3v) is 4.16. The smallest absolute Gasteiger partial charge is 0.251 e. The highest BCUT2D eigenvalue weighted by Gasteiger charge is 2.16. The molecule has 27 heavy (non-hydrogen) atoms. The second-order valence-electron chi connectivity index (χ2n) is 6.07. The summed E-state index contributed by atoms with van der Waals surface area (Å²) in [7, 11) is 0. The van der Waals surface area contributed by atoms with Crippen LogP contribution in [0.4, 0.5) is 13.2 Å². The van der Waals surface area contributed by atoms with Crippen LogP contribution in [0, 0.1) is 17.5 Å². The molecule has 1 heterocycles. The molecule has 0 fully saturated rings. The van der Waals surface area contributed by atoms with Crippen LogP contribution in [-0.4, -0.2) is 10.9 Å². The average Bonchev–Trinajstić information content (AvgIpc) is 2.61. The minimum absolute atomic E-state index is 0.183. The zero-order valence-corrected chi connectivity index (χ0v) is 14.1. The van der Waals surface area contributed by atoms with Crippen molar-refractivity contribution in [3.8, 4) is 11.1 Å². The van der Waals surface area contributed by atoms with Gasteiger partial charge in [-0.25, -0.2) is 13.2 Å². The minimum Gasteiger partial charge on any atom is -0.366 e. The van der Waals surface area contributed by atoms with Gasteiger partial charge in [0.15, 0.2) is 0 Å². The number of amides is 1. The molecule has 138 valence electrons. The van der Waals surface area contributed by atoms with Gasteiger partial charge in [0.25, 0.3) is 5.91 Å². The number of halogens is 3. The molecule has 0 bridgehead atoms. The first-order valence-electron chi connectivity index (χ1n) is 8.10. The Kier molecular flexibility index (Phi) is 5.23. The normalized spacial score (nSPS) is 12.0. The van der Waals surface area contributed by atoms with Gasteiger partial charge < -0.3 is 11.5 Å². The summed E-state index contributed by atoms with van der Waals surface area (Å²) in [6.45, 7) is 0. The van der Waals surface area contributed by atoms with Crippen LogP contribution in [-0.2, 0) is 6.42 Å². The van der Waals surface area contributed by atoms with E-state index in [0.717, 1.165) is 12.1 Å². The van der Waals surface area contributed by atoms with Crippen molar-refractivity contribution in [3.63, 3.8) is 0 Å². The number of carbonyl (C=O) groups is 1. The van der Waals surface area contributed by atoms with Crippen LogP contribution in [0.2, 0.25) is 0 Å². The van der Waals surface area contributed by atoms with Gasteiger partial charge in [-0.3, -0.25) is 9.78 Å². The number of hydrogen-bond donors (Lipinski definition) is 2. The number of aromatic nitrogens is 1. The van der Waals surface area contributed by atoms with E-state index in [1.165, 1.54) is 24.3 Å². The SMILES string of the molecule is NC(=O)c1cc(-c2cccnc2CC(N)c2cc(F)cc(F)c2)ccc1F. The third kappa shape index (κ3) is 4.15. The Balaban J connectivity index is 1.97. The zero-order valence-electron chi connectivity index (χ0n) is 14.1. The number of hydrogen-bond acceptors (Lipinski definition) is 3. The summed E-state index contributed by atoms with van der Waals surface area (Å²) in [6.07, 6.45) is 1.73. The van der Waals surface area contributed by atoms with E-state index in [9.17, 15) is 18.0 Å². The minimum atomic E-state index is -0.883. The molecule has 7 heteroatoms. The number of nitrogens with zero attached hydrogens (tertiary/aromatic N) is 1. The largest absolute Gasteiger partial charge is 0.366 e. The molecule has 0 aliphatic rings. The Morgan fingerprint density at radius 1 is 1.04 bits per heavy atom. The second-order valence-corrected chi connectivity index (χ2v) is 6.07. The fourth-order valence-electron chi connectivity index (χ4n) is 2.86. The van der Waals surface area contributed by atoms with Gasteiger partial charge >= 0.3 is 0 Å². The van der Waals surface area contributed by atoms with E-state index in [0.29, 0.717) is 22.4 Å². The molecule has 1 amide bonds. The first-order chi connectivity index (χ1) is 12.8. The lowest BCUT2D eigenvalue weighted by molar-refractivity contribution is 0.0996. The van der Waals surface area contributed by atoms with E-state index in [2.05, 4.69) is 4.98 Å². The van der Waals surface area contributed by atoms with Gasteiger partial charge in [-0.05, 0) is 41.5 Å². The zero-order chi connectivity index (χ0) is 19.6. The number of rotatable bonds is 5. The summed E-state index contributed by atoms with van der Waals surface area (Å²) in [4.78, 5) is 15.7. The number of primary amides is 1. The maximum Gasteiger partial charge on any atom is 0.251 e. The number of carbonyl (C=O) groups excluding carboxylic acids is 1. The number of pyridine rings is 1. The lowest BCUT2D eigenvalue weighted by Gasteiger charge is -2.15. The lowest BCUT2D eigenvalue weighted by atomic mass is 9.95. The van der Waals surface area contributed by atoms with Crippen molar-refractivity contribution >= 4 is 5.91 Å². The molecular formula is C20H16F3N3O. The molecule has 1 aromatic heterocycles. The van der Waals surface area contributed by atoms with Crippen LogP contribution in [0.3, 0.4) is 0 Å². The number of nitrogens with two attached hydrogens (primary N) is 2. The highest BCUT2D eigenvalue weighted by molar-refractivity contribution is 5.94. The maximum absolute atomic E-state index is 13.7. The molecule has 4 N–H and O–H groups in total. The van der Waals surface area contributed by atoms with Crippen LogP contribution in [0.25, 0.3) is 11.1 Å². The highest BCUT2D eigenvalue weighted by atomic mass is 19.1. The highest BCUT2D eigenvalue weighted by Crippen LogP contribution is 2.27. The molecule has 1 unspecified atom stereocenters. The van der Waals surface area contributed by atoms with Crippen molar-refractivity contribution in [2.45, 2.75) is 12.5 Å². The molecule has 3 rings (SSSR count). The molecule has 1 atom stereocenters. The fourth-order valence-corrected chi connectivity index (χ4v) is 2.86. The fraction of sp³-hybridized carbons (Fsp3) is 0.100. The van der Waals surface area contributed by atoms with Crippen molar-refractivity contribution in [1.29, 1.82) is 0 Å². The van der Waals surface area contributed by atoms with Crippen molar-refractivity contribution in [2.75, 3.05) is 0 Å². The van der Waals surface area contributed by atoms with Gasteiger partial charge in [0, 0.05) is 30.3 Å². The van der Waals surface area contributed by atoms with Crippen LogP contribution >= 0.6 is 0 Å². The van der Waals surface area contributed by atoms with Crippen LogP contribution in [0.15, 0.2) is 54.7 Å². The van der Waals surface area contributed by atoms with Crippen molar-refractivity contribution in [2.24, 2.45) is 11.5 Å². The molecule has 0 radical (unpaired) electrons. The summed E-state index contributed by atoms with van der Waals surface area (Å²) in [5.41, 5.74) is 13.1. The molecular weight excluding hydrogens is 355 g/mol. The van der Waals surface area contributed by atoms with E-state index < -0.39 is 29.4 Å². The van der Waals surface area contributed by atoms with Gasteiger partial charge in [-0.15, -0.1) is 0 Å². The summed E-state index contributed by atoms with van der Waals surface area (Å²) in [6, 6.07) is 9.79. The maximum atomic E-state index is 13.7. The van der Waals surface area contributed by atoms with Crippen LogP contribution in [0.1, 0.15) is 27.7 Å². The molecule has 0 aliphatic heterocycles. The molecule has 4 nitrogen and oxygen atoms in total. The summed E-state index contributed by atoms with van der Waals surface area (Å²) in [5.74, 6) is -3.03. The first-order valence-corrected chi connectivity index (χ1v) is 8.10. The van der Waals surface area contributed by atoms with E-state index in [-0.39, 0.29) is 12.0 Å². The second kappa shape index (κ2) is 7.59. The number of benzene rings is 2. The Morgan fingerprint density at radius 3 is 2.41 bits per heavy atom. The van der Waals surface area contributed by atoms with Crippen molar-refractivity contribution in [3.05, 3.63) is 89.0 Å². The van der Waals surface area contributed by atoms with E-state index >= 15 is 0 Å². The van der Waals surface area contributed by atoms with E-state index in [1.807, 2.05) is 0 Å². The van der Waals surface area contributed by atoms with Crippen molar-refractivity contribution in [1.82, 2.24) is 4.98 Å². The van der Waals surface area contributed by atoms with Gasteiger partial charge in [0.2, 0.25) is 0 Å². The molecule has 2 aromatic carbocycles. The average molecular weight is 371 g/mol. The topological polar surface area (TPSA) is 82.0 Å². The van der Waals surface area contributed by atoms with Crippen molar-refractivity contribution < 1.29 is 18.0 Å². The Morgan fingerprint density at radius 2 is 1.74 bits per heavy atom. The predicted octanol–water partition coefficient (Wildman–Crippen LogP) is 3.51. The summed E-state index contributed by atoms with van der Waals surface area (Å²) in [5, 5.41) is 0. The van der Waals surface area contributed by atoms with Gasteiger partial charge in [-0.2, -0.15) is 0 Å². The quantitative estimate of drug-likeness (QED) is 0.720. The molecule has 0 spiro atoms. The Bertz CT molecular complexity index is 987. The first kappa shape index (κ1) is 18.6. The standard InChI is InChI=1S/C20H16F3N3O/c21-13-6-12(7-14(22)9-13)18(24)10-19-15(2-1-5-26-19)11-3-4-17(23)16(8-11)20(25)27/h1-9,18H,10,24H2,(H2,25,27). The van der Waals surface area contributed by atoms with Gasteiger partial charge in [0.05, 0.1) is 11.3 Å². The predicted molar refractivity (Wildman–Crippen MR) is 95.1 cm³/mol. The third-order valence-electron chi connectivity index (χ3n) is 4.16. The van der Waals surface area contributed by atoms with Gasteiger partial charge in [0.1, 0.15) is 17.5 Å². The lowest BCUT2D eigenvalue weighted by Crippen LogP contribution is -2.16. The molecule has 0 saturated heterocycles. The monoisotopic (exact) mass is 371 g/mol. The van der Waals surface area contributed by atoms with Gasteiger partial charge in [-0.1, -0.05) is 12.1 Å². The van der Waals surface area contributed by atoms with E-state index in [1.54, 1.807) is 18.3 Å². The summed E-state index contributed by atoms with van der Waals surface area (Å²) >= 11 is 0. The van der Waals surface area contributed by atoms with Crippen LogP contribution in [0.5, 0.6) is 0 Å². The Hall–Kier alpha value is -3.19. The van der Waals surface area contributed by atoms with Crippen LogP contribution < -0.4 is 11.5 Å². The molecule has 0 saturated carbocycles. The molecule has 3 aromatic rings. The summed E-state index contributed by atoms with van der Waals surface area (Å²) < 4.78 is 40.6. The Labute approximate surface area is 153 Å². The molecule has 0 aliphatic carbocycles. The van der Waals surface area contributed by atoms with E-state index in [4.69, 9.17) is 11.5 Å².